The fourth-order valence-corrected chi connectivity index (χ4v) is 7.33. The second-order valence-corrected chi connectivity index (χ2v) is 10.7. The van der Waals surface area contributed by atoms with Crippen molar-refractivity contribution in [1.82, 2.24) is 14.9 Å². The zero-order valence-electron chi connectivity index (χ0n) is 17.2. The summed E-state index contributed by atoms with van der Waals surface area (Å²) in [6, 6.07) is 7.43. The molecule has 1 atom stereocenters. The largest absolute Gasteiger partial charge is 0.350 e. The molecule has 4 saturated carbocycles. The molecule has 1 N–H and O–H groups in total. The Morgan fingerprint density at radius 1 is 1.21 bits per heavy atom. The second kappa shape index (κ2) is 7.15. The Balaban J connectivity index is 1.36. The lowest BCUT2D eigenvalue weighted by Crippen LogP contribution is -2.60. The van der Waals surface area contributed by atoms with Crippen LogP contribution in [0.5, 0.6) is 0 Å². The summed E-state index contributed by atoms with van der Waals surface area (Å²) >= 11 is 1.40. The lowest BCUT2D eigenvalue weighted by atomic mass is 9.53. The molecule has 4 aliphatic rings. The Morgan fingerprint density at radius 2 is 1.83 bits per heavy atom. The number of aromatic nitrogens is 2. The third-order valence-electron chi connectivity index (χ3n) is 7.22. The standard InChI is InChI=1S/C23H29N3O2S/c1-3-26-21(28)18-6-4-5-7-19(18)24-22(26)29-14(2)20(27)25-23-11-15-8-16(12-23)10-17(9-15)13-23/h4-7,14-17H,3,8-13H2,1-2H3,(H,25,27). The van der Waals surface area contributed by atoms with Gasteiger partial charge in [-0.2, -0.15) is 0 Å². The first-order valence-electron chi connectivity index (χ1n) is 10.9. The van der Waals surface area contributed by atoms with Gasteiger partial charge in [-0.05, 0) is 82.3 Å². The highest BCUT2D eigenvalue weighted by atomic mass is 32.2. The van der Waals surface area contributed by atoms with E-state index in [-0.39, 0.29) is 22.3 Å². The van der Waals surface area contributed by atoms with Crippen LogP contribution in [0.25, 0.3) is 10.9 Å². The summed E-state index contributed by atoms with van der Waals surface area (Å²) in [6.45, 7) is 4.42. The van der Waals surface area contributed by atoms with Gasteiger partial charge in [0.15, 0.2) is 5.16 Å². The number of carbonyl (C=O) groups excluding carboxylic acids is 1. The Hall–Kier alpha value is -1.82. The molecule has 0 saturated heterocycles. The highest BCUT2D eigenvalue weighted by molar-refractivity contribution is 8.00. The van der Waals surface area contributed by atoms with Gasteiger partial charge in [0.1, 0.15) is 0 Å². The summed E-state index contributed by atoms with van der Waals surface area (Å²) < 4.78 is 1.68. The zero-order valence-corrected chi connectivity index (χ0v) is 18.0. The minimum Gasteiger partial charge on any atom is -0.350 e. The number of hydrogen-bond acceptors (Lipinski definition) is 4. The number of fused-ring (bicyclic) bond motifs is 1. The number of amides is 1. The molecule has 2 aromatic rings. The molecule has 6 rings (SSSR count). The second-order valence-electron chi connectivity index (χ2n) is 9.41. The molecule has 29 heavy (non-hydrogen) atoms. The molecule has 5 nitrogen and oxygen atoms in total. The number of para-hydroxylation sites is 1. The smallest absolute Gasteiger partial charge is 0.262 e. The molecule has 154 valence electrons. The van der Waals surface area contributed by atoms with Crippen molar-refractivity contribution >= 4 is 28.6 Å². The lowest BCUT2D eigenvalue weighted by molar-refractivity contribution is -0.126. The third kappa shape index (κ3) is 3.39. The van der Waals surface area contributed by atoms with Crippen molar-refractivity contribution in [2.75, 3.05) is 0 Å². The van der Waals surface area contributed by atoms with Crippen molar-refractivity contribution in [3.05, 3.63) is 34.6 Å². The molecule has 0 spiro atoms. The SMILES string of the molecule is CCn1c(SC(C)C(=O)NC23CC4CC(CC(C4)C2)C3)nc2ccccc2c1=O. The Labute approximate surface area is 175 Å². The summed E-state index contributed by atoms with van der Waals surface area (Å²) in [7, 11) is 0. The van der Waals surface area contributed by atoms with Gasteiger partial charge >= 0.3 is 0 Å². The molecule has 6 heteroatoms. The summed E-state index contributed by atoms with van der Waals surface area (Å²) in [5, 5.41) is 4.43. The normalized spacial score (nSPS) is 31.2. The van der Waals surface area contributed by atoms with Crippen LogP contribution in [0.3, 0.4) is 0 Å². The van der Waals surface area contributed by atoms with Crippen LogP contribution in [-0.2, 0) is 11.3 Å². The van der Waals surface area contributed by atoms with Crippen molar-refractivity contribution < 1.29 is 4.79 Å². The van der Waals surface area contributed by atoms with Crippen LogP contribution < -0.4 is 10.9 Å². The Bertz CT molecular complexity index is 980. The fourth-order valence-electron chi connectivity index (χ4n) is 6.35. The average Bonchev–Trinajstić information content (AvgIpc) is 2.67. The van der Waals surface area contributed by atoms with Crippen molar-refractivity contribution in [3.8, 4) is 0 Å². The summed E-state index contributed by atoms with van der Waals surface area (Å²) in [6.07, 6.45) is 7.54. The van der Waals surface area contributed by atoms with Crippen LogP contribution in [0.2, 0.25) is 0 Å². The molecular weight excluding hydrogens is 382 g/mol. The van der Waals surface area contributed by atoms with Gasteiger partial charge in [-0.1, -0.05) is 23.9 Å². The van der Waals surface area contributed by atoms with Crippen LogP contribution in [0.1, 0.15) is 52.4 Å². The van der Waals surface area contributed by atoms with Crippen molar-refractivity contribution in [2.24, 2.45) is 17.8 Å². The predicted molar refractivity (Wildman–Crippen MR) is 116 cm³/mol. The zero-order chi connectivity index (χ0) is 20.2. The van der Waals surface area contributed by atoms with Crippen molar-refractivity contribution in [1.29, 1.82) is 0 Å². The number of benzene rings is 1. The van der Waals surface area contributed by atoms with Gasteiger partial charge in [-0.15, -0.1) is 0 Å². The minimum absolute atomic E-state index is 0.0158. The first-order valence-corrected chi connectivity index (χ1v) is 11.8. The number of rotatable bonds is 5. The number of hydrogen-bond donors (Lipinski definition) is 1. The van der Waals surface area contributed by atoms with E-state index < -0.39 is 0 Å². The molecule has 0 radical (unpaired) electrons. The van der Waals surface area contributed by atoms with E-state index in [2.05, 4.69) is 5.32 Å². The number of thioether (sulfide) groups is 1. The Morgan fingerprint density at radius 3 is 2.45 bits per heavy atom. The summed E-state index contributed by atoms with van der Waals surface area (Å²) in [5.41, 5.74) is 0.676. The van der Waals surface area contributed by atoms with E-state index in [0.717, 1.165) is 37.0 Å². The first-order chi connectivity index (χ1) is 14.0. The third-order valence-corrected chi connectivity index (χ3v) is 8.31. The fraction of sp³-hybridized carbons (Fsp3) is 0.609. The van der Waals surface area contributed by atoms with Crippen LogP contribution in [0.4, 0.5) is 0 Å². The van der Waals surface area contributed by atoms with E-state index in [1.165, 1.54) is 31.0 Å². The van der Waals surface area contributed by atoms with Crippen LogP contribution in [-0.4, -0.2) is 26.2 Å². The minimum atomic E-state index is -0.283. The molecule has 1 unspecified atom stereocenters. The maximum Gasteiger partial charge on any atom is 0.262 e. The van der Waals surface area contributed by atoms with Gasteiger partial charge in [0.05, 0.1) is 16.2 Å². The van der Waals surface area contributed by atoms with E-state index in [1.54, 1.807) is 4.57 Å². The predicted octanol–water partition coefficient (Wildman–Crippen LogP) is 3.98. The van der Waals surface area contributed by atoms with Gasteiger partial charge in [-0.25, -0.2) is 4.98 Å². The first kappa shape index (κ1) is 19.2. The monoisotopic (exact) mass is 411 g/mol. The van der Waals surface area contributed by atoms with E-state index >= 15 is 0 Å². The molecular formula is C23H29N3O2S. The molecule has 4 fully saturated rings. The number of nitrogens with one attached hydrogen (secondary N) is 1. The van der Waals surface area contributed by atoms with Gasteiger partial charge in [-0.3, -0.25) is 14.2 Å². The van der Waals surface area contributed by atoms with Gasteiger partial charge in [0.2, 0.25) is 5.91 Å². The topological polar surface area (TPSA) is 64.0 Å². The molecule has 1 heterocycles. The van der Waals surface area contributed by atoms with Gasteiger partial charge in [0.25, 0.3) is 5.56 Å². The van der Waals surface area contributed by atoms with Crippen molar-refractivity contribution in [2.45, 2.75) is 74.9 Å². The van der Waals surface area contributed by atoms with Crippen LogP contribution in [0.15, 0.2) is 34.2 Å². The molecule has 4 aliphatic carbocycles. The van der Waals surface area contributed by atoms with Gasteiger partial charge < -0.3 is 5.32 Å². The van der Waals surface area contributed by atoms with Crippen molar-refractivity contribution in [3.63, 3.8) is 0 Å². The molecule has 1 aromatic heterocycles. The molecule has 4 bridgehead atoms. The lowest BCUT2D eigenvalue weighted by Gasteiger charge is -2.57. The number of nitrogens with zero attached hydrogens (tertiary/aromatic N) is 2. The quantitative estimate of drug-likeness (QED) is 0.597. The average molecular weight is 412 g/mol. The maximum atomic E-state index is 13.1. The van der Waals surface area contributed by atoms with E-state index in [9.17, 15) is 9.59 Å². The molecule has 0 aliphatic heterocycles. The van der Waals surface area contributed by atoms with E-state index in [0.29, 0.717) is 22.6 Å². The van der Waals surface area contributed by atoms with Crippen LogP contribution in [0, 0.1) is 17.8 Å². The molecule has 1 amide bonds. The van der Waals surface area contributed by atoms with Gasteiger partial charge in [0, 0.05) is 12.1 Å². The Kier molecular flexibility index (Phi) is 4.72. The molecule has 1 aromatic carbocycles. The highest BCUT2D eigenvalue weighted by Gasteiger charge is 2.51. The highest BCUT2D eigenvalue weighted by Crippen LogP contribution is 2.55. The van der Waals surface area contributed by atoms with Crippen LogP contribution >= 0.6 is 11.8 Å². The van der Waals surface area contributed by atoms with E-state index in [1.807, 2.05) is 38.1 Å². The maximum absolute atomic E-state index is 13.1. The van der Waals surface area contributed by atoms with E-state index in [4.69, 9.17) is 4.98 Å². The number of carbonyl (C=O) groups is 1. The summed E-state index contributed by atoms with van der Waals surface area (Å²) in [5.74, 6) is 2.49. The summed E-state index contributed by atoms with van der Waals surface area (Å²) in [4.78, 5) is 30.7.